The van der Waals surface area contributed by atoms with Crippen LogP contribution in [0.3, 0.4) is 0 Å². The maximum atomic E-state index is 9.04. The molecule has 1 aliphatic heterocycles. The molecule has 1 fully saturated rings. The summed E-state index contributed by atoms with van der Waals surface area (Å²) >= 11 is 0. The minimum atomic E-state index is 0.0482. The minimum absolute atomic E-state index is 0.0482. The van der Waals surface area contributed by atoms with Crippen LogP contribution >= 0.6 is 0 Å². The first-order valence-electron chi connectivity index (χ1n) is 5.22. The quantitative estimate of drug-likeness (QED) is 0.748. The van der Waals surface area contributed by atoms with Gasteiger partial charge in [-0.1, -0.05) is 0 Å². The molecule has 84 valence electrons. The second-order valence-corrected chi connectivity index (χ2v) is 3.80. The van der Waals surface area contributed by atoms with E-state index in [1.165, 1.54) is 0 Å². The van der Waals surface area contributed by atoms with Gasteiger partial charge in [-0.2, -0.15) is 5.10 Å². The summed E-state index contributed by atoms with van der Waals surface area (Å²) in [7, 11) is 1.86. The lowest BCUT2D eigenvalue weighted by molar-refractivity contribution is 0.0336. The van der Waals surface area contributed by atoms with Crippen LogP contribution < -0.4 is 0 Å². The van der Waals surface area contributed by atoms with Gasteiger partial charge in [0.15, 0.2) is 0 Å². The maximum Gasteiger partial charge on any atom is 0.0849 e. The van der Waals surface area contributed by atoms with Gasteiger partial charge in [-0.15, -0.1) is 0 Å². The molecule has 15 heavy (non-hydrogen) atoms. The Balaban J connectivity index is 1.97. The highest BCUT2D eigenvalue weighted by Crippen LogP contribution is 2.07. The van der Waals surface area contributed by atoms with Gasteiger partial charge in [-0.05, 0) is 6.07 Å². The second kappa shape index (κ2) is 4.74. The highest BCUT2D eigenvalue weighted by Gasteiger charge is 2.13. The van der Waals surface area contributed by atoms with Gasteiger partial charge >= 0.3 is 0 Å². The third kappa shape index (κ3) is 2.56. The number of nitrogens with zero attached hydrogens (tertiary/aromatic N) is 3. The molecule has 5 heteroatoms. The van der Waals surface area contributed by atoms with Gasteiger partial charge in [0.25, 0.3) is 0 Å². The SMILES string of the molecule is Cn1nc(CN2CCOCC2)cc1CO. The normalized spacial score (nSPS) is 18.3. The van der Waals surface area contributed by atoms with Crippen LogP contribution in [0.1, 0.15) is 11.4 Å². The lowest BCUT2D eigenvalue weighted by atomic mass is 10.3. The van der Waals surface area contributed by atoms with Crippen molar-refractivity contribution in [3.63, 3.8) is 0 Å². The summed E-state index contributed by atoms with van der Waals surface area (Å²) in [5.74, 6) is 0. The van der Waals surface area contributed by atoms with Gasteiger partial charge in [-0.3, -0.25) is 9.58 Å². The molecule has 0 bridgehead atoms. The highest BCUT2D eigenvalue weighted by molar-refractivity contribution is 5.09. The number of aryl methyl sites for hydroxylation is 1. The van der Waals surface area contributed by atoms with Crippen LogP contribution in [0.4, 0.5) is 0 Å². The van der Waals surface area contributed by atoms with Crippen LogP contribution in [0.2, 0.25) is 0 Å². The Hall–Kier alpha value is -0.910. The molecule has 0 unspecified atom stereocenters. The average Bonchev–Trinajstić information content (AvgIpc) is 2.60. The number of morpholine rings is 1. The van der Waals surface area contributed by atoms with Crippen LogP contribution in [0.25, 0.3) is 0 Å². The molecule has 1 aliphatic rings. The predicted molar refractivity (Wildman–Crippen MR) is 55.2 cm³/mol. The van der Waals surface area contributed by atoms with E-state index in [4.69, 9.17) is 9.84 Å². The first kappa shape index (κ1) is 10.6. The van der Waals surface area contributed by atoms with E-state index >= 15 is 0 Å². The summed E-state index contributed by atoms with van der Waals surface area (Å²) in [5.41, 5.74) is 1.88. The Bertz CT molecular complexity index is 318. The molecule has 0 amide bonds. The first-order chi connectivity index (χ1) is 7.29. The molecule has 0 atom stereocenters. The molecule has 5 nitrogen and oxygen atoms in total. The van der Waals surface area contributed by atoms with Crippen LogP contribution in [-0.4, -0.2) is 46.1 Å². The van der Waals surface area contributed by atoms with Crippen molar-refractivity contribution in [3.8, 4) is 0 Å². The molecule has 2 rings (SSSR count). The highest BCUT2D eigenvalue weighted by atomic mass is 16.5. The second-order valence-electron chi connectivity index (χ2n) is 3.80. The number of aromatic nitrogens is 2. The van der Waals surface area contributed by atoms with Crippen LogP contribution in [0.5, 0.6) is 0 Å². The standard InChI is InChI=1S/C10H17N3O2/c1-12-10(8-14)6-9(11-12)7-13-2-4-15-5-3-13/h6,14H,2-5,7-8H2,1H3. The number of ether oxygens (including phenoxy) is 1. The van der Waals surface area contributed by atoms with E-state index < -0.39 is 0 Å². The van der Waals surface area contributed by atoms with Gasteiger partial charge in [0.1, 0.15) is 0 Å². The minimum Gasteiger partial charge on any atom is -0.390 e. The zero-order chi connectivity index (χ0) is 10.7. The van der Waals surface area contributed by atoms with Gasteiger partial charge in [0.2, 0.25) is 0 Å². The summed E-state index contributed by atoms with van der Waals surface area (Å²) in [6.07, 6.45) is 0. The van der Waals surface area contributed by atoms with E-state index in [0.29, 0.717) is 0 Å². The summed E-state index contributed by atoms with van der Waals surface area (Å²) in [5, 5.41) is 13.4. The number of rotatable bonds is 3. The average molecular weight is 211 g/mol. The van der Waals surface area contributed by atoms with Gasteiger partial charge in [0.05, 0.1) is 31.2 Å². The number of aliphatic hydroxyl groups is 1. The Morgan fingerprint density at radius 1 is 1.47 bits per heavy atom. The molecular weight excluding hydrogens is 194 g/mol. The van der Waals surface area contributed by atoms with Crippen LogP contribution in [-0.2, 0) is 24.9 Å². The van der Waals surface area contributed by atoms with Crippen LogP contribution in [0, 0.1) is 0 Å². The van der Waals surface area contributed by atoms with Crippen molar-refractivity contribution in [2.45, 2.75) is 13.2 Å². The van der Waals surface area contributed by atoms with E-state index in [1.807, 2.05) is 13.1 Å². The van der Waals surface area contributed by atoms with E-state index in [-0.39, 0.29) is 6.61 Å². The van der Waals surface area contributed by atoms with Crippen molar-refractivity contribution in [2.24, 2.45) is 7.05 Å². The molecule has 0 radical (unpaired) electrons. The van der Waals surface area contributed by atoms with Crippen LogP contribution in [0.15, 0.2) is 6.07 Å². The third-order valence-corrected chi connectivity index (χ3v) is 2.68. The zero-order valence-electron chi connectivity index (χ0n) is 9.02. The monoisotopic (exact) mass is 211 g/mol. The third-order valence-electron chi connectivity index (χ3n) is 2.68. The van der Waals surface area contributed by atoms with E-state index in [1.54, 1.807) is 4.68 Å². The van der Waals surface area contributed by atoms with Crippen molar-refractivity contribution in [1.29, 1.82) is 0 Å². The summed E-state index contributed by atoms with van der Waals surface area (Å²) in [6.45, 7) is 4.43. The first-order valence-corrected chi connectivity index (χ1v) is 5.22. The summed E-state index contributed by atoms with van der Waals surface area (Å²) in [4.78, 5) is 2.31. The van der Waals surface area contributed by atoms with E-state index in [9.17, 15) is 0 Å². The molecule has 0 aromatic carbocycles. The maximum absolute atomic E-state index is 9.04. The van der Waals surface area contributed by atoms with Gasteiger partial charge < -0.3 is 9.84 Å². The van der Waals surface area contributed by atoms with Crippen molar-refractivity contribution >= 4 is 0 Å². The fraction of sp³-hybridized carbons (Fsp3) is 0.700. The number of hydrogen-bond acceptors (Lipinski definition) is 4. The van der Waals surface area contributed by atoms with Crippen molar-refractivity contribution in [1.82, 2.24) is 14.7 Å². The zero-order valence-corrected chi connectivity index (χ0v) is 9.02. The van der Waals surface area contributed by atoms with Gasteiger partial charge in [-0.25, -0.2) is 0 Å². The van der Waals surface area contributed by atoms with E-state index in [0.717, 1.165) is 44.2 Å². The molecule has 1 aromatic rings. The molecule has 0 spiro atoms. The predicted octanol–water partition coefficient (Wildman–Crippen LogP) is -0.255. The number of hydrogen-bond donors (Lipinski definition) is 1. The summed E-state index contributed by atoms with van der Waals surface area (Å²) < 4.78 is 7.01. The molecule has 1 aromatic heterocycles. The molecule has 1 N–H and O–H groups in total. The van der Waals surface area contributed by atoms with Crippen molar-refractivity contribution in [3.05, 3.63) is 17.5 Å². The fourth-order valence-corrected chi connectivity index (χ4v) is 1.79. The number of aliphatic hydroxyl groups excluding tert-OH is 1. The molecular formula is C10H17N3O2. The van der Waals surface area contributed by atoms with Crippen molar-refractivity contribution < 1.29 is 9.84 Å². The smallest absolute Gasteiger partial charge is 0.0849 e. The molecule has 1 saturated heterocycles. The van der Waals surface area contributed by atoms with Gasteiger partial charge in [0, 0.05) is 26.7 Å². The molecule has 0 saturated carbocycles. The molecule has 0 aliphatic carbocycles. The molecule has 2 heterocycles. The Morgan fingerprint density at radius 2 is 2.20 bits per heavy atom. The Labute approximate surface area is 89.3 Å². The largest absolute Gasteiger partial charge is 0.390 e. The lowest BCUT2D eigenvalue weighted by Crippen LogP contribution is -2.35. The topological polar surface area (TPSA) is 50.5 Å². The van der Waals surface area contributed by atoms with E-state index in [2.05, 4.69) is 10.00 Å². The summed E-state index contributed by atoms with van der Waals surface area (Å²) in [6, 6.07) is 1.95. The Morgan fingerprint density at radius 3 is 2.80 bits per heavy atom. The Kier molecular flexibility index (Phi) is 3.35. The van der Waals surface area contributed by atoms with Crippen molar-refractivity contribution in [2.75, 3.05) is 26.3 Å². The lowest BCUT2D eigenvalue weighted by Gasteiger charge is -2.25. The fourth-order valence-electron chi connectivity index (χ4n) is 1.79.